The van der Waals surface area contributed by atoms with Crippen LogP contribution in [-0.4, -0.2) is 44.2 Å². The lowest BCUT2D eigenvalue weighted by Crippen LogP contribution is -2.51. The Kier molecular flexibility index (Phi) is 3.33. The van der Waals surface area contributed by atoms with Crippen molar-refractivity contribution in [3.8, 4) is 5.75 Å². The fraction of sp³-hybridized carbons (Fsp3) is 0.385. The van der Waals surface area contributed by atoms with Crippen LogP contribution in [-0.2, 0) is 9.59 Å². The van der Waals surface area contributed by atoms with Crippen LogP contribution in [0, 0.1) is 0 Å². The first-order chi connectivity index (χ1) is 8.97. The summed E-state index contributed by atoms with van der Waals surface area (Å²) in [5.74, 6) is -0.652. The zero-order chi connectivity index (χ0) is 14.2. The first kappa shape index (κ1) is 13.2. The molecule has 1 aromatic rings. The standard InChI is InChI=1S/C13H16N2O4/c1-14-8-5-4-6-10(19-3)12(8)15(2)13(18)9(14)7-11(16)17/h4-6,9H,7H2,1-3H3,(H,16,17). The zero-order valence-electron chi connectivity index (χ0n) is 11.1. The number of nitrogens with zero attached hydrogens (tertiary/aromatic N) is 2. The predicted octanol–water partition coefficient (Wildman–Crippen LogP) is 0.951. The molecule has 1 aromatic carbocycles. The summed E-state index contributed by atoms with van der Waals surface area (Å²) in [6.45, 7) is 0. The summed E-state index contributed by atoms with van der Waals surface area (Å²) in [7, 11) is 4.89. The van der Waals surface area contributed by atoms with E-state index in [1.165, 1.54) is 12.0 Å². The third-order valence-corrected chi connectivity index (χ3v) is 3.36. The number of carboxylic acid groups (broad SMARTS) is 1. The molecule has 102 valence electrons. The van der Waals surface area contributed by atoms with Crippen molar-refractivity contribution in [2.75, 3.05) is 31.0 Å². The van der Waals surface area contributed by atoms with Crippen molar-refractivity contribution in [3.05, 3.63) is 18.2 Å². The number of para-hydroxylation sites is 1. The van der Waals surface area contributed by atoms with E-state index >= 15 is 0 Å². The summed E-state index contributed by atoms with van der Waals surface area (Å²) in [5, 5.41) is 8.91. The summed E-state index contributed by atoms with van der Waals surface area (Å²) in [6, 6.07) is 4.74. The maximum absolute atomic E-state index is 12.3. The normalized spacial score (nSPS) is 18.3. The van der Waals surface area contributed by atoms with Crippen LogP contribution in [0.1, 0.15) is 6.42 Å². The number of rotatable bonds is 3. The highest BCUT2D eigenvalue weighted by atomic mass is 16.5. The molecule has 0 bridgehead atoms. The van der Waals surface area contributed by atoms with Crippen LogP contribution >= 0.6 is 0 Å². The van der Waals surface area contributed by atoms with Crippen LogP contribution in [0.25, 0.3) is 0 Å². The number of amides is 1. The summed E-state index contributed by atoms with van der Waals surface area (Å²) < 4.78 is 5.26. The van der Waals surface area contributed by atoms with Gasteiger partial charge in [0.15, 0.2) is 0 Å². The summed E-state index contributed by atoms with van der Waals surface area (Å²) in [6.07, 6.45) is -0.226. The molecule has 1 N–H and O–H groups in total. The fourth-order valence-electron chi connectivity index (χ4n) is 2.35. The van der Waals surface area contributed by atoms with Crippen LogP contribution in [0.3, 0.4) is 0 Å². The van der Waals surface area contributed by atoms with Gasteiger partial charge in [-0.25, -0.2) is 0 Å². The molecule has 0 spiro atoms. The predicted molar refractivity (Wildman–Crippen MR) is 70.8 cm³/mol. The van der Waals surface area contributed by atoms with E-state index in [-0.39, 0.29) is 12.3 Å². The molecule has 1 heterocycles. The van der Waals surface area contributed by atoms with Crippen molar-refractivity contribution in [2.24, 2.45) is 0 Å². The maximum atomic E-state index is 12.3. The van der Waals surface area contributed by atoms with Gasteiger partial charge in [-0.15, -0.1) is 0 Å². The average molecular weight is 264 g/mol. The molecule has 6 nitrogen and oxygen atoms in total. The summed E-state index contributed by atoms with van der Waals surface area (Å²) >= 11 is 0. The minimum Gasteiger partial charge on any atom is -0.494 e. The molecule has 1 aliphatic heterocycles. The zero-order valence-corrected chi connectivity index (χ0v) is 11.1. The van der Waals surface area contributed by atoms with Crippen molar-refractivity contribution in [3.63, 3.8) is 0 Å². The van der Waals surface area contributed by atoms with E-state index in [9.17, 15) is 9.59 Å². The fourth-order valence-corrected chi connectivity index (χ4v) is 2.35. The van der Waals surface area contributed by atoms with E-state index in [1.54, 1.807) is 25.1 Å². The Labute approximate surface area is 111 Å². The topological polar surface area (TPSA) is 70.1 Å². The largest absolute Gasteiger partial charge is 0.494 e. The molecule has 0 saturated carbocycles. The SMILES string of the molecule is COc1cccc2c1N(C)C(=O)C(CC(=O)O)N2C. The Hall–Kier alpha value is -2.24. The van der Waals surface area contributed by atoms with E-state index < -0.39 is 12.0 Å². The van der Waals surface area contributed by atoms with Crippen molar-refractivity contribution < 1.29 is 19.4 Å². The number of likely N-dealkylation sites (N-methyl/N-ethyl adjacent to an activating group) is 2. The average Bonchev–Trinajstić information content (AvgIpc) is 2.40. The number of carboxylic acids is 1. The number of methoxy groups -OCH3 is 1. The third-order valence-electron chi connectivity index (χ3n) is 3.36. The quantitative estimate of drug-likeness (QED) is 0.880. The molecule has 0 aromatic heterocycles. The molecule has 1 amide bonds. The molecule has 0 radical (unpaired) electrons. The number of fused-ring (bicyclic) bond motifs is 1. The number of anilines is 2. The highest BCUT2D eigenvalue weighted by Gasteiger charge is 2.37. The van der Waals surface area contributed by atoms with Gasteiger partial charge in [-0.1, -0.05) is 6.07 Å². The molecule has 2 rings (SSSR count). The second-order valence-electron chi connectivity index (χ2n) is 4.45. The summed E-state index contributed by atoms with van der Waals surface area (Å²) in [5.41, 5.74) is 1.45. The number of benzene rings is 1. The first-order valence-corrected chi connectivity index (χ1v) is 5.86. The highest BCUT2D eigenvalue weighted by Crippen LogP contribution is 2.41. The lowest BCUT2D eigenvalue weighted by Gasteiger charge is -2.39. The Morgan fingerprint density at radius 2 is 2.11 bits per heavy atom. The van der Waals surface area contributed by atoms with Gasteiger partial charge in [-0.2, -0.15) is 0 Å². The van der Waals surface area contributed by atoms with Crippen LogP contribution in [0.4, 0.5) is 11.4 Å². The minimum atomic E-state index is -0.995. The molecule has 0 aliphatic carbocycles. The second kappa shape index (κ2) is 4.79. The van der Waals surface area contributed by atoms with Crippen LogP contribution < -0.4 is 14.5 Å². The molecule has 0 saturated heterocycles. The number of carbonyl (C=O) groups excluding carboxylic acids is 1. The Balaban J connectivity index is 2.51. The summed E-state index contributed by atoms with van der Waals surface area (Å²) in [4.78, 5) is 26.3. The van der Waals surface area contributed by atoms with Gasteiger partial charge in [0, 0.05) is 14.1 Å². The Morgan fingerprint density at radius 1 is 1.42 bits per heavy atom. The van der Waals surface area contributed by atoms with E-state index in [0.717, 1.165) is 5.69 Å². The van der Waals surface area contributed by atoms with Gasteiger partial charge in [0.25, 0.3) is 0 Å². The number of aliphatic carboxylic acids is 1. The molecule has 1 unspecified atom stereocenters. The van der Waals surface area contributed by atoms with Crippen molar-refractivity contribution >= 4 is 23.3 Å². The van der Waals surface area contributed by atoms with E-state index in [2.05, 4.69) is 0 Å². The molecule has 6 heteroatoms. The highest BCUT2D eigenvalue weighted by molar-refractivity contribution is 6.07. The molecular formula is C13H16N2O4. The van der Waals surface area contributed by atoms with Crippen LogP contribution in [0.5, 0.6) is 5.75 Å². The number of ether oxygens (including phenoxy) is 1. The van der Waals surface area contributed by atoms with E-state index in [1.807, 2.05) is 12.1 Å². The number of carbonyl (C=O) groups is 2. The molecule has 1 atom stereocenters. The van der Waals surface area contributed by atoms with E-state index in [4.69, 9.17) is 9.84 Å². The number of hydrogen-bond acceptors (Lipinski definition) is 4. The second-order valence-corrected chi connectivity index (χ2v) is 4.45. The monoisotopic (exact) mass is 264 g/mol. The van der Waals surface area contributed by atoms with Crippen molar-refractivity contribution in [1.82, 2.24) is 0 Å². The van der Waals surface area contributed by atoms with Crippen LogP contribution in [0.2, 0.25) is 0 Å². The third kappa shape index (κ3) is 2.09. The van der Waals surface area contributed by atoms with Crippen LogP contribution in [0.15, 0.2) is 18.2 Å². The lowest BCUT2D eigenvalue weighted by atomic mass is 10.0. The van der Waals surface area contributed by atoms with Gasteiger partial charge in [0.05, 0.1) is 19.2 Å². The smallest absolute Gasteiger partial charge is 0.305 e. The Morgan fingerprint density at radius 3 is 2.68 bits per heavy atom. The lowest BCUT2D eigenvalue weighted by molar-refractivity contribution is -0.139. The number of hydrogen-bond donors (Lipinski definition) is 1. The molecule has 0 fully saturated rings. The van der Waals surface area contributed by atoms with E-state index in [0.29, 0.717) is 11.4 Å². The first-order valence-electron chi connectivity index (χ1n) is 5.86. The minimum absolute atomic E-state index is 0.226. The van der Waals surface area contributed by atoms with Gasteiger partial charge in [0.2, 0.25) is 5.91 Å². The van der Waals surface area contributed by atoms with Crippen molar-refractivity contribution in [2.45, 2.75) is 12.5 Å². The molecule has 1 aliphatic rings. The van der Waals surface area contributed by atoms with Crippen molar-refractivity contribution in [1.29, 1.82) is 0 Å². The maximum Gasteiger partial charge on any atom is 0.305 e. The van der Waals surface area contributed by atoms with Gasteiger partial charge < -0.3 is 19.6 Å². The van der Waals surface area contributed by atoms with Gasteiger partial charge in [-0.3, -0.25) is 9.59 Å². The molecule has 19 heavy (non-hydrogen) atoms. The van der Waals surface area contributed by atoms with Gasteiger partial charge in [0.1, 0.15) is 17.5 Å². The Bertz CT molecular complexity index is 529. The van der Waals surface area contributed by atoms with Gasteiger partial charge in [-0.05, 0) is 12.1 Å². The molecular weight excluding hydrogens is 248 g/mol. The van der Waals surface area contributed by atoms with Gasteiger partial charge >= 0.3 is 5.97 Å².